The van der Waals surface area contributed by atoms with Crippen LogP contribution in [0.2, 0.25) is 0 Å². The van der Waals surface area contributed by atoms with Crippen molar-refractivity contribution in [2.45, 2.75) is 13.8 Å². The summed E-state index contributed by atoms with van der Waals surface area (Å²) in [6.45, 7) is 8.46. The Morgan fingerprint density at radius 3 is 2.62 bits per heavy atom. The van der Waals surface area contributed by atoms with E-state index in [2.05, 4.69) is 17.0 Å². The van der Waals surface area contributed by atoms with Crippen LogP contribution in [0.4, 0.5) is 0 Å². The standard InChI is InChI=1S/C11H17N3O2/c1-3-13-4-6-14(7-5-13)11(15)10-8-16-12-9(10)2/h8H,3-7H2,1-2H3. The third kappa shape index (κ3) is 2.09. The second kappa shape index (κ2) is 4.65. The zero-order chi connectivity index (χ0) is 11.5. The summed E-state index contributed by atoms with van der Waals surface area (Å²) in [6.07, 6.45) is 1.43. The molecule has 5 heteroatoms. The fraction of sp³-hybridized carbons (Fsp3) is 0.636. The number of nitrogens with zero attached hydrogens (tertiary/aromatic N) is 3. The van der Waals surface area contributed by atoms with E-state index >= 15 is 0 Å². The Morgan fingerprint density at radius 2 is 2.12 bits per heavy atom. The number of rotatable bonds is 2. The van der Waals surface area contributed by atoms with Crippen molar-refractivity contribution < 1.29 is 9.32 Å². The van der Waals surface area contributed by atoms with Crippen LogP contribution >= 0.6 is 0 Å². The van der Waals surface area contributed by atoms with Gasteiger partial charge in [-0.2, -0.15) is 0 Å². The number of hydrogen-bond acceptors (Lipinski definition) is 4. The predicted molar refractivity (Wildman–Crippen MR) is 59.3 cm³/mol. The molecule has 2 rings (SSSR count). The molecule has 0 spiro atoms. The Labute approximate surface area is 95.0 Å². The van der Waals surface area contributed by atoms with Crippen LogP contribution in [0.25, 0.3) is 0 Å². The van der Waals surface area contributed by atoms with Crippen molar-refractivity contribution in [2.24, 2.45) is 0 Å². The van der Waals surface area contributed by atoms with Gasteiger partial charge in [0.1, 0.15) is 11.8 Å². The van der Waals surface area contributed by atoms with Gasteiger partial charge >= 0.3 is 0 Å². The average Bonchev–Trinajstić information content (AvgIpc) is 2.75. The molecule has 2 heterocycles. The minimum absolute atomic E-state index is 0.0366. The van der Waals surface area contributed by atoms with Crippen LogP contribution in [-0.4, -0.2) is 53.6 Å². The van der Waals surface area contributed by atoms with Gasteiger partial charge in [0, 0.05) is 26.2 Å². The number of aromatic nitrogens is 1. The molecule has 16 heavy (non-hydrogen) atoms. The van der Waals surface area contributed by atoms with Crippen LogP contribution < -0.4 is 0 Å². The first-order valence-electron chi connectivity index (χ1n) is 5.65. The van der Waals surface area contributed by atoms with Crippen molar-refractivity contribution in [1.29, 1.82) is 0 Å². The second-order valence-electron chi connectivity index (χ2n) is 4.04. The number of aryl methyl sites for hydroxylation is 1. The normalized spacial score (nSPS) is 17.8. The lowest BCUT2D eigenvalue weighted by molar-refractivity contribution is 0.0642. The van der Waals surface area contributed by atoms with Crippen molar-refractivity contribution in [2.75, 3.05) is 32.7 Å². The van der Waals surface area contributed by atoms with Crippen LogP contribution in [0.15, 0.2) is 10.8 Å². The molecule has 0 saturated carbocycles. The van der Waals surface area contributed by atoms with Crippen molar-refractivity contribution in [3.05, 3.63) is 17.5 Å². The molecular formula is C11H17N3O2. The number of piperazine rings is 1. The van der Waals surface area contributed by atoms with Crippen LogP contribution in [0.1, 0.15) is 23.0 Å². The lowest BCUT2D eigenvalue weighted by Crippen LogP contribution is -2.48. The molecule has 1 aliphatic heterocycles. The Morgan fingerprint density at radius 1 is 1.44 bits per heavy atom. The van der Waals surface area contributed by atoms with Gasteiger partial charge in [-0.1, -0.05) is 12.1 Å². The maximum absolute atomic E-state index is 12.1. The lowest BCUT2D eigenvalue weighted by Gasteiger charge is -2.33. The molecule has 0 aliphatic carbocycles. The monoisotopic (exact) mass is 223 g/mol. The van der Waals surface area contributed by atoms with E-state index in [9.17, 15) is 4.79 Å². The van der Waals surface area contributed by atoms with Crippen LogP contribution in [0.5, 0.6) is 0 Å². The van der Waals surface area contributed by atoms with Crippen LogP contribution in [0, 0.1) is 6.92 Å². The van der Waals surface area contributed by atoms with Gasteiger partial charge in [-0.05, 0) is 13.5 Å². The van der Waals surface area contributed by atoms with E-state index in [1.165, 1.54) is 6.26 Å². The third-order valence-corrected chi connectivity index (χ3v) is 3.09. The predicted octanol–water partition coefficient (Wildman–Crippen LogP) is 0.761. The summed E-state index contributed by atoms with van der Waals surface area (Å²) in [5.41, 5.74) is 1.26. The topological polar surface area (TPSA) is 49.6 Å². The zero-order valence-corrected chi connectivity index (χ0v) is 9.77. The molecule has 0 radical (unpaired) electrons. The number of likely N-dealkylation sites (N-methyl/N-ethyl adjacent to an activating group) is 1. The van der Waals surface area contributed by atoms with Crippen molar-refractivity contribution in [1.82, 2.24) is 15.0 Å². The Hall–Kier alpha value is -1.36. The smallest absolute Gasteiger partial charge is 0.259 e. The van der Waals surface area contributed by atoms with Gasteiger partial charge in [0.15, 0.2) is 0 Å². The summed E-state index contributed by atoms with van der Waals surface area (Å²) in [5, 5.41) is 3.73. The lowest BCUT2D eigenvalue weighted by atomic mass is 10.2. The van der Waals surface area contributed by atoms with E-state index in [0.29, 0.717) is 11.3 Å². The third-order valence-electron chi connectivity index (χ3n) is 3.09. The maximum atomic E-state index is 12.1. The van der Waals surface area contributed by atoms with Gasteiger partial charge in [-0.15, -0.1) is 0 Å². The number of hydrogen-bond donors (Lipinski definition) is 0. The van der Waals surface area contributed by atoms with Crippen molar-refractivity contribution in [3.8, 4) is 0 Å². The molecule has 88 valence electrons. The summed E-state index contributed by atoms with van der Waals surface area (Å²) in [5.74, 6) is 0.0366. The van der Waals surface area contributed by atoms with Gasteiger partial charge in [-0.3, -0.25) is 4.79 Å². The van der Waals surface area contributed by atoms with Gasteiger partial charge in [0.2, 0.25) is 0 Å². The number of amides is 1. The molecule has 0 unspecified atom stereocenters. The Balaban J connectivity index is 2.00. The van der Waals surface area contributed by atoms with Crippen LogP contribution in [-0.2, 0) is 0 Å². The minimum Gasteiger partial charge on any atom is -0.364 e. The van der Waals surface area contributed by atoms with E-state index in [1.807, 2.05) is 4.90 Å². The van der Waals surface area contributed by atoms with Gasteiger partial charge in [-0.25, -0.2) is 0 Å². The largest absolute Gasteiger partial charge is 0.364 e. The second-order valence-corrected chi connectivity index (χ2v) is 4.04. The minimum atomic E-state index is 0.0366. The SMILES string of the molecule is CCN1CCN(C(=O)c2conc2C)CC1. The molecular weight excluding hydrogens is 206 g/mol. The first-order valence-corrected chi connectivity index (χ1v) is 5.65. The molecule has 1 saturated heterocycles. The van der Waals surface area contributed by atoms with E-state index in [4.69, 9.17) is 4.52 Å². The highest BCUT2D eigenvalue weighted by Crippen LogP contribution is 2.11. The summed E-state index contributed by atoms with van der Waals surface area (Å²) in [7, 11) is 0. The molecule has 1 aliphatic rings. The molecule has 0 atom stereocenters. The summed E-state index contributed by atoms with van der Waals surface area (Å²) in [6, 6.07) is 0. The Bertz CT molecular complexity index is 367. The van der Waals surface area contributed by atoms with E-state index in [-0.39, 0.29) is 5.91 Å². The number of carbonyl (C=O) groups is 1. The highest BCUT2D eigenvalue weighted by Gasteiger charge is 2.23. The fourth-order valence-corrected chi connectivity index (χ4v) is 1.94. The van der Waals surface area contributed by atoms with E-state index in [1.54, 1.807) is 6.92 Å². The molecule has 1 aromatic heterocycles. The average molecular weight is 223 g/mol. The molecule has 1 fully saturated rings. The molecule has 0 bridgehead atoms. The fourth-order valence-electron chi connectivity index (χ4n) is 1.94. The summed E-state index contributed by atoms with van der Waals surface area (Å²) >= 11 is 0. The maximum Gasteiger partial charge on any atom is 0.259 e. The number of carbonyl (C=O) groups excluding carboxylic acids is 1. The molecule has 0 N–H and O–H groups in total. The van der Waals surface area contributed by atoms with E-state index in [0.717, 1.165) is 32.7 Å². The molecule has 5 nitrogen and oxygen atoms in total. The molecule has 0 aromatic carbocycles. The van der Waals surface area contributed by atoms with Crippen LogP contribution in [0.3, 0.4) is 0 Å². The Kier molecular flexibility index (Phi) is 3.24. The van der Waals surface area contributed by atoms with Gasteiger partial charge in [0.25, 0.3) is 5.91 Å². The quantitative estimate of drug-likeness (QED) is 0.742. The molecule has 1 aromatic rings. The van der Waals surface area contributed by atoms with Gasteiger partial charge in [0.05, 0.1) is 5.69 Å². The first kappa shape index (κ1) is 11.1. The van der Waals surface area contributed by atoms with Gasteiger partial charge < -0.3 is 14.3 Å². The highest BCUT2D eigenvalue weighted by atomic mass is 16.5. The highest BCUT2D eigenvalue weighted by molar-refractivity contribution is 5.94. The van der Waals surface area contributed by atoms with Crippen molar-refractivity contribution in [3.63, 3.8) is 0 Å². The zero-order valence-electron chi connectivity index (χ0n) is 9.77. The summed E-state index contributed by atoms with van der Waals surface area (Å²) in [4.78, 5) is 16.3. The van der Waals surface area contributed by atoms with Crippen molar-refractivity contribution >= 4 is 5.91 Å². The summed E-state index contributed by atoms with van der Waals surface area (Å²) < 4.78 is 4.79. The first-order chi connectivity index (χ1) is 7.72. The molecule has 1 amide bonds. The van der Waals surface area contributed by atoms with E-state index < -0.39 is 0 Å².